The summed E-state index contributed by atoms with van der Waals surface area (Å²) in [5.41, 5.74) is -0.664. The predicted octanol–water partition coefficient (Wildman–Crippen LogP) is 2.25. The highest BCUT2D eigenvalue weighted by Crippen LogP contribution is 2.42. The minimum Gasteiger partial charge on any atom is -0.480 e. The van der Waals surface area contributed by atoms with Gasteiger partial charge >= 0.3 is 12.1 Å². The molecule has 7 nitrogen and oxygen atoms in total. The molecule has 142 valence electrons. The third-order valence-electron chi connectivity index (χ3n) is 5.03. The van der Waals surface area contributed by atoms with Crippen molar-refractivity contribution >= 4 is 18.0 Å². The minimum absolute atomic E-state index is 0.0239. The van der Waals surface area contributed by atoms with Crippen molar-refractivity contribution in [3.63, 3.8) is 0 Å². The predicted molar refractivity (Wildman–Crippen MR) is 92.0 cm³/mol. The number of carbonyl (C=O) groups is 3. The highest BCUT2D eigenvalue weighted by molar-refractivity contribution is 5.90. The monoisotopic (exact) mass is 354 g/mol. The van der Waals surface area contributed by atoms with Gasteiger partial charge in [0.05, 0.1) is 0 Å². The molecular formula is C18H30N2O5. The number of carboxylic acids is 1. The molecule has 0 aromatic carbocycles. The topological polar surface area (TPSA) is 95.9 Å². The fourth-order valence-corrected chi connectivity index (χ4v) is 3.98. The lowest BCUT2D eigenvalue weighted by molar-refractivity contribution is -0.150. The lowest BCUT2D eigenvalue weighted by atomic mass is 9.94. The molecule has 2 aliphatic rings. The van der Waals surface area contributed by atoms with Crippen LogP contribution in [0.15, 0.2) is 0 Å². The quantitative estimate of drug-likeness (QED) is 0.807. The van der Waals surface area contributed by atoms with Crippen molar-refractivity contribution in [1.29, 1.82) is 0 Å². The van der Waals surface area contributed by atoms with E-state index in [-0.39, 0.29) is 23.7 Å². The van der Waals surface area contributed by atoms with Crippen molar-refractivity contribution in [2.45, 2.75) is 71.6 Å². The van der Waals surface area contributed by atoms with E-state index >= 15 is 0 Å². The summed E-state index contributed by atoms with van der Waals surface area (Å²) in [6.07, 6.45) is 2.16. The van der Waals surface area contributed by atoms with Gasteiger partial charge in [0.15, 0.2) is 0 Å². The average molecular weight is 354 g/mol. The summed E-state index contributed by atoms with van der Waals surface area (Å²) in [7, 11) is 0. The van der Waals surface area contributed by atoms with Crippen molar-refractivity contribution in [3.05, 3.63) is 0 Å². The summed E-state index contributed by atoms with van der Waals surface area (Å²) in [4.78, 5) is 38.3. The molecule has 2 fully saturated rings. The van der Waals surface area contributed by atoms with Crippen LogP contribution in [0, 0.1) is 17.8 Å². The fraction of sp³-hybridized carbons (Fsp3) is 0.833. The molecule has 0 unspecified atom stereocenters. The van der Waals surface area contributed by atoms with Gasteiger partial charge < -0.3 is 20.1 Å². The first-order valence-corrected chi connectivity index (χ1v) is 9.04. The number of alkyl carbamates (subject to hydrolysis) is 1. The minimum atomic E-state index is -0.956. The number of nitrogens with zero attached hydrogens (tertiary/aromatic N) is 1. The zero-order valence-electron chi connectivity index (χ0n) is 15.7. The SMILES string of the molecule is CC(C)[C@H](NC(=O)OC(C)(C)C)C(=O)N1C[C@@H]2CCC[C@@H]2[C@H]1C(=O)O. The molecule has 2 rings (SSSR count). The Kier molecular flexibility index (Phi) is 5.64. The molecule has 0 spiro atoms. The van der Waals surface area contributed by atoms with Crippen LogP contribution in [0.3, 0.4) is 0 Å². The van der Waals surface area contributed by atoms with Crippen LogP contribution in [0.1, 0.15) is 53.9 Å². The molecule has 2 N–H and O–H groups in total. The van der Waals surface area contributed by atoms with E-state index in [0.717, 1.165) is 19.3 Å². The van der Waals surface area contributed by atoms with E-state index in [2.05, 4.69) is 5.32 Å². The van der Waals surface area contributed by atoms with Crippen molar-refractivity contribution < 1.29 is 24.2 Å². The molecule has 0 aromatic heterocycles. The number of aliphatic carboxylic acids is 1. The Morgan fingerprint density at radius 1 is 1.20 bits per heavy atom. The molecule has 1 saturated carbocycles. The zero-order chi connectivity index (χ0) is 18.9. The molecule has 4 atom stereocenters. The highest BCUT2D eigenvalue weighted by atomic mass is 16.6. The average Bonchev–Trinajstić information content (AvgIpc) is 3.01. The van der Waals surface area contributed by atoms with Crippen LogP contribution in [0.2, 0.25) is 0 Å². The van der Waals surface area contributed by atoms with Crippen molar-refractivity contribution in [3.8, 4) is 0 Å². The summed E-state index contributed by atoms with van der Waals surface area (Å²) in [6, 6.07) is -1.59. The van der Waals surface area contributed by atoms with Gasteiger partial charge in [-0.3, -0.25) is 4.79 Å². The Labute approximate surface area is 149 Å². The number of likely N-dealkylation sites (tertiary alicyclic amines) is 1. The van der Waals surface area contributed by atoms with Gasteiger partial charge in [0, 0.05) is 6.54 Å². The van der Waals surface area contributed by atoms with Gasteiger partial charge in [-0.2, -0.15) is 0 Å². The zero-order valence-corrected chi connectivity index (χ0v) is 15.7. The van der Waals surface area contributed by atoms with Crippen LogP contribution >= 0.6 is 0 Å². The lowest BCUT2D eigenvalue weighted by Gasteiger charge is -2.31. The van der Waals surface area contributed by atoms with Crippen LogP contribution < -0.4 is 5.32 Å². The third kappa shape index (κ3) is 4.44. The number of rotatable bonds is 4. The molecule has 0 radical (unpaired) electrons. The number of hydrogen-bond donors (Lipinski definition) is 2. The molecule has 1 aliphatic carbocycles. The summed E-state index contributed by atoms with van der Waals surface area (Å²) < 4.78 is 5.24. The Morgan fingerprint density at radius 3 is 2.36 bits per heavy atom. The summed E-state index contributed by atoms with van der Waals surface area (Å²) >= 11 is 0. The van der Waals surface area contributed by atoms with E-state index in [0.29, 0.717) is 6.54 Å². The van der Waals surface area contributed by atoms with Gasteiger partial charge in [0.25, 0.3) is 0 Å². The van der Waals surface area contributed by atoms with Gasteiger partial charge in [-0.25, -0.2) is 9.59 Å². The molecule has 1 heterocycles. The Bertz CT molecular complexity index is 540. The highest BCUT2D eigenvalue weighted by Gasteiger charge is 2.50. The molecule has 1 aliphatic heterocycles. The smallest absolute Gasteiger partial charge is 0.408 e. The number of nitrogens with one attached hydrogen (secondary N) is 1. The third-order valence-corrected chi connectivity index (χ3v) is 5.03. The van der Waals surface area contributed by atoms with Crippen LogP contribution in [0.5, 0.6) is 0 Å². The van der Waals surface area contributed by atoms with Crippen molar-refractivity contribution in [1.82, 2.24) is 10.2 Å². The van der Waals surface area contributed by atoms with Gasteiger partial charge in [-0.05, 0) is 51.4 Å². The maximum absolute atomic E-state index is 13.0. The van der Waals surface area contributed by atoms with Crippen molar-refractivity contribution in [2.24, 2.45) is 17.8 Å². The molecule has 2 amide bonds. The van der Waals surface area contributed by atoms with Gasteiger partial charge in [-0.1, -0.05) is 20.3 Å². The number of hydrogen-bond acceptors (Lipinski definition) is 4. The maximum atomic E-state index is 13.0. The Balaban J connectivity index is 2.14. The van der Waals surface area contributed by atoms with E-state index in [1.54, 1.807) is 20.8 Å². The van der Waals surface area contributed by atoms with Gasteiger partial charge in [0.2, 0.25) is 5.91 Å². The van der Waals surface area contributed by atoms with E-state index in [1.807, 2.05) is 13.8 Å². The summed E-state index contributed by atoms with van der Waals surface area (Å²) in [5, 5.41) is 12.3. The van der Waals surface area contributed by atoms with Gasteiger partial charge in [-0.15, -0.1) is 0 Å². The second-order valence-electron chi connectivity index (χ2n) is 8.50. The first kappa shape index (κ1) is 19.5. The van der Waals surface area contributed by atoms with Crippen molar-refractivity contribution in [2.75, 3.05) is 6.54 Å². The number of fused-ring (bicyclic) bond motifs is 1. The van der Waals surface area contributed by atoms with E-state index in [9.17, 15) is 19.5 Å². The van der Waals surface area contributed by atoms with E-state index in [1.165, 1.54) is 4.90 Å². The largest absolute Gasteiger partial charge is 0.480 e. The summed E-state index contributed by atoms with van der Waals surface area (Å²) in [5.74, 6) is -1.18. The fourth-order valence-electron chi connectivity index (χ4n) is 3.98. The first-order chi connectivity index (χ1) is 11.5. The number of ether oxygens (including phenoxy) is 1. The molecule has 1 saturated heterocycles. The van der Waals surface area contributed by atoms with Crippen LogP contribution in [-0.2, 0) is 14.3 Å². The second kappa shape index (κ2) is 7.22. The normalized spacial score (nSPS) is 27.1. The van der Waals surface area contributed by atoms with Crippen LogP contribution in [0.25, 0.3) is 0 Å². The number of carboxylic acid groups (broad SMARTS) is 1. The molecule has 25 heavy (non-hydrogen) atoms. The maximum Gasteiger partial charge on any atom is 0.408 e. The number of amides is 2. The first-order valence-electron chi connectivity index (χ1n) is 9.04. The van der Waals surface area contributed by atoms with Crippen LogP contribution in [-0.4, -0.2) is 52.2 Å². The Morgan fingerprint density at radius 2 is 1.84 bits per heavy atom. The molecular weight excluding hydrogens is 324 g/mol. The summed E-state index contributed by atoms with van der Waals surface area (Å²) in [6.45, 7) is 9.36. The van der Waals surface area contributed by atoms with Crippen LogP contribution in [0.4, 0.5) is 4.79 Å². The molecule has 7 heteroatoms. The second-order valence-corrected chi connectivity index (χ2v) is 8.50. The molecule has 0 aromatic rings. The van der Waals surface area contributed by atoms with E-state index in [4.69, 9.17) is 4.74 Å². The lowest BCUT2D eigenvalue weighted by Crippen LogP contribution is -2.55. The Hall–Kier alpha value is -1.79. The number of carbonyl (C=O) groups excluding carboxylic acids is 2. The standard InChI is InChI=1S/C18H30N2O5/c1-10(2)13(19-17(24)25-18(3,4)5)15(21)20-9-11-7-6-8-12(11)14(20)16(22)23/h10-14H,6-9H2,1-5H3,(H,19,24)(H,22,23)/t11-,12-,13-,14-/m0/s1. The molecule has 0 bridgehead atoms. The van der Waals surface area contributed by atoms with E-state index < -0.39 is 29.7 Å². The van der Waals surface area contributed by atoms with Gasteiger partial charge in [0.1, 0.15) is 17.7 Å².